The third-order valence-corrected chi connectivity index (χ3v) is 12.1. The highest BCUT2D eigenvalue weighted by Crippen LogP contribution is 2.14. The molecule has 1 atom stereocenters. The van der Waals surface area contributed by atoms with Crippen LogP contribution in [-0.2, 0) is 28.6 Å². The van der Waals surface area contributed by atoms with Crippen LogP contribution in [0.5, 0.6) is 0 Å². The van der Waals surface area contributed by atoms with Crippen LogP contribution in [0, 0.1) is 0 Å². The van der Waals surface area contributed by atoms with E-state index in [1.807, 2.05) is 72.9 Å². The molecule has 0 heterocycles. The first-order chi connectivity index (χ1) is 35.0. The second-order valence-electron chi connectivity index (χ2n) is 19.0. The lowest BCUT2D eigenvalue weighted by Gasteiger charge is -2.18. The summed E-state index contributed by atoms with van der Waals surface area (Å²) in [5.41, 5.74) is 0. The molecule has 0 bridgehead atoms. The molecular formula is C65H106O6. The molecule has 0 rings (SSSR count). The third kappa shape index (κ3) is 56.6. The number of allylic oxidation sites excluding steroid dienone is 20. The van der Waals surface area contributed by atoms with Crippen LogP contribution >= 0.6 is 0 Å². The molecule has 0 aromatic heterocycles. The minimum Gasteiger partial charge on any atom is -0.462 e. The van der Waals surface area contributed by atoms with Crippen molar-refractivity contribution in [2.45, 2.75) is 258 Å². The largest absolute Gasteiger partial charge is 0.462 e. The quantitative estimate of drug-likeness (QED) is 0.0199. The van der Waals surface area contributed by atoms with E-state index >= 15 is 0 Å². The van der Waals surface area contributed by atoms with Crippen LogP contribution in [-0.4, -0.2) is 37.2 Å². The van der Waals surface area contributed by atoms with Crippen molar-refractivity contribution in [3.8, 4) is 0 Å². The number of esters is 3. The Morgan fingerprint density at radius 1 is 0.296 bits per heavy atom. The van der Waals surface area contributed by atoms with Crippen LogP contribution in [0.15, 0.2) is 122 Å². The zero-order valence-corrected chi connectivity index (χ0v) is 45.9. The Bertz CT molecular complexity index is 1500. The molecule has 0 aliphatic heterocycles. The molecule has 71 heavy (non-hydrogen) atoms. The Balaban J connectivity index is 4.55. The predicted molar refractivity (Wildman–Crippen MR) is 306 cm³/mol. The van der Waals surface area contributed by atoms with Gasteiger partial charge in [-0.2, -0.15) is 0 Å². The van der Waals surface area contributed by atoms with Gasteiger partial charge in [0.1, 0.15) is 13.2 Å². The molecule has 0 spiro atoms. The first-order valence-corrected chi connectivity index (χ1v) is 29.2. The minimum atomic E-state index is -0.817. The summed E-state index contributed by atoms with van der Waals surface area (Å²) in [5.74, 6) is -0.991. The molecule has 6 nitrogen and oxygen atoms in total. The van der Waals surface area contributed by atoms with E-state index in [1.54, 1.807) is 0 Å². The van der Waals surface area contributed by atoms with Crippen LogP contribution in [0.2, 0.25) is 0 Å². The van der Waals surface area contributed by atoms with Gasteiger partial charge in [-0.05, 0) is 89.9 Å². The molecule has 0 aliphatic rings. The van der Waals surface area contributed by atoms with Gasteiger partial charge in [-0.25, -0.2) is 0 Å². The van der Waals surface area contributed by atoms with Crippen molar-refractivity contribution in [1.29, 1.82) is 0 Å². The van der Waals surface area contributed by atoms with Crippen LogP contribution in [0.1, 0.15) is 252 Å². The summed E-state index contributed by atoms with van der Waals surface area (Å²) in [4.78, 5) is 38.2. The molecule has 0 amide bonds. The van der Waals surface area contributed by atoms with Crippen molar-refractivity contribution in [1.82, 2.24) is 0 Å². The average Bonchev–Trinajstić information content (AvgIpc) is 3.37. The highest BCUT2D eigenvalue weighted by atomic mass is 16.6. The molecule has 1 unspecified atom stereocenters. The summed E-state index contributed by atoms with van der Waals surface area (Å²) in [7, 11) is 0. The van der Waals surface area contributed by atoms with Gasteiger partial charge in [0.2, 0.25) is 0 Å². The number of rotatable bonds is 51. The van der Waals surface area contributed by atoms with Crippen molar-refractivity contribution in [2.24, 2.45) is 0 Å². The second kappa shape index (κ2) is 58.4. The fourth-order valence-corrected chi connectivity index (χ4v) is 7.76. The Hall–Kier alpha value is -4.19. The van der Waals surface area contributed by atoms with Gasteiger partial charge in [0.25, 0.3) is 0 Å². The maximum atomic E-state index is 12.9. The number of carbonyl (C=O) groups excluding carboxylic acids is 3. The summed E-state index contributed by atoms with van der Waals surface area (Å²) < 4.78 is 16.8. The van der Waals surface area contributed by atoms with Crippen molar-refractivity contribution in [3.05, 3.63) is 122 Å². The van der Waals surface area contributed by atoms with Gasteiger partial charge in [0.15, 0.2) is 6.10 Å². The molecule has 0 aromatic rings. The van der Waals surface area contributed by atoms with E-state index in [1.165, 1.54) is 116 Å². The molecule has 6 heteroatoms. The van der Waals surface area contributed by atoms with E-state index in [-0.39, 0.29) is 31.1 Å². The zero-order valence-electron chi connectivity index (χ0n) is 45.9. The lowest BCUT2D eigenvalue weighted by molar-refractivity contribution is -0.167. The van der Waals surface area contributed by atoms with Gasteiger partial charge < -0.3 is 14.2 Å². The Morgan fingerprint density at radius 3 is 0.930 bits per heavy atom. The number of carbonyl (C=O) groups is 3. The predicted octanol–water partition coefficient (Wildman–Crippen LogP) is 19.6. The SMILES string of the molecule is CC\C=C/C=C\C=C/C=C\C=C\C=C/C=C\CCCCCC(=O)OCC(COC(=O)CCCCC/C=C\C=C/CCCCCCCCC)OC(=O)CCCCCCC/C=C\CCCCCCCCCCC. The number of ether oxygens (including phenoxy) is 3. The highest BCUT2D eigenvalue weighted by Gasteiger charge is 2.19. The fourth-order valence-electron chi connectivity index (χ4n) is 7.76. The zero-order chi connectivity index (χ0) is 51.4. The van der Waals surface area contributed by atoms with Crippen molar-refractivity contribution < 1.29 is 28.6 Å². The topological polar surface area (TPSA) is 78.9 Å². The van der Waals surface area contributed by atoms with E-state index in [0.29, 0.717) is 19.3 Å². The van der Waals surface area contributed by atoms with Gasteiger partial charge in [-0.3, -0.25) is 14.4 Å². The Morgan fingerprint density at radius 2 is 0.563 bits per heavy atom. The van der Waals surface area contributed by atoms with Crippen LogP contribution in [0.25, 0.3) is 0 Å². The molecule has 0 aliphatic carbocycles. The first-order valence-electron chi connectivity index (χ1n) is 29.2. The third-order valence-electron chi connectivity index (χ3n) is 12.1. The summed E-state index contributed by atoms with van der Waals surface area (Å²) in [6.07, 6.45) is 80.4. The monoisotopic (exact) mass is 983 g/mol. The van der Waals surface area contributed by atoms with E-state index < -0.39 is 6.10 Å². The molecule has 0 N–H and O–H groups in total. The van der Waals surface area contributed by atoms with Gasteiger partial charge in [0, 0.05) is 19.3 Å². The lowest BCUT2D eigenvalue weighted by Crippen LogP contribution is -2.30. The molecule has 0 radical (unpaired) electrons. The highest BCUT2D eigenvalue weighted by molar-refractivity contribution is 5.71. The minimum absolute atomic E-state index is 0.113. The average molecular weight is 984 g/mol. The first kappa shape index (κ1) is 66.8. The van der Waals surface area contributed by atoms with E-state index in [4.69, 9.17) is 14.2 Å². The molecule has 0 aromatic carbocycles. The molecule has 0 saturated carbocycles. The van der Waals surface area contributed by atoms with E-state index in [0.717, 1.165) is 96.3 Å². The van der Waals surface area contributed by atoms with E-state index in [2.05, 4.69) is 69.4 Å². The normalized spacial score (nSPS) is 13.0. The van der Waals surface area contributed by atoms with Crippen LogP contribution < -0.4 is 0 Å². The van der Waals surface area contributed by atoms with Crippen molar-refractivity contribution in [3.63, 3.8) is 0 Å². The van der Waals surface area contributed by atoms with E-state index in [9.17, 15) is 14.4 Å². The Labute approximate surface area is 437 Å². The van der Waals surface area contributed by atoms with Gasteiger partial charge >= 0.3 is 17.9 Å². The summed E-state index contributed by atoms with van der Waals surface area (Å²) in [6, 6.07) is 0. The van der Waals surface area contributed by atoms with Crippen LogP contribution in [0.3, 0.4) is 0 Å². The second-order valence-corrected chi connectivity index (χ2v) is 19.0. The molecular weight excluding hydrogens is 877 g/mol. The smallest absolute Gasteiger partial charge is 0.306 e. The van der Waals surface area contributed by atoms with Gasteiger partial charge in [-0.1, -0.05) is 264 Å². The number of hydrogen-bond acceptors (Lipinski definition) is 6. The number of unbranched alkanes of at least 4 members (excludes halogenated alkanes) is 27. The maximum Gasteiger partial charge on any atom is 0.306 e. The summed E-state index contributed by atoms with van der Waals surface area (Å²) >= 11 is 0. The Kier molecular flexibility index (Phi) is 54.9. The van der Waals surface area contributed by atoms with Crippen molar-refractivity contribution >= 4 is 17.9 Å². The fraction of sp³-hybridized carbons (Fsp3) is 0.646. The van der Waals surface area contributed by atoms with Gasteiger partial charge in [-0.15, -0.1) is 0 Å². The summed E-state index contributed by atoms with van der Waals surface area (Å²) in [6.45, 7) is 6.42. The maximum absolute atomic E-state index is 12.9. The molecule has 402 valence electrons. The summed E-state index contributed by atoms with van der Waals surface area (Å²) in [5, 5.41) is 0. The lowest BCUT2D eigenvalue weighted by atomic mass is 10.1. The molecule has 0 saturated heterocycles. The van der Waals surface area contributed by atoms with Crippen LogP contribution in [0.4, 0.5) is 0 Å². The number of hydrogen-bond donors (Lipinski definition) is 0. The van der Waals surface area contributed by atoms with Gasteiger partial charge in [0.05, 0.1) is 0 Å². The standard InChI is InChI=1S/C65H106O6/c1-4-7-10-13-16-19-22-25-28-31-33-35-37-40-43-46-49-52-55-58-64(67)70-61-62(60-69-63(66)57-54-51-48-45-42-39-36-30-27-24-21-18-15-12-9-6-3)71-65(68)59-56-53-50-47-44-41-38-34-32-29-26-23-20-17-14-11-8-5-2/h7,10,13,16,19,22,25,28,30-31,33-40,42-43,62H,4-6,8-9,11-12,14-15,17-18,20-21,23-24,26-27,29,32,41,44-61H2,1-3H3/b10-7-,16-13-,22-19-,28-25-,33-31+,36-30-,37-35-,38-34-,42-39-,43-40-. The molecule has 0 fully saturated rings. The van der Waals surface area contributed by atoms with Crippen molar-refractivity contribution in [2.75, 3.05) is 13.2 Å².